The molecule has 0 amide bonds. The van der Waals surface area contributed by atoms with Gasteiger partial charge in [0.15, 0.2) is 5.82 Å². The number of anilines is 1. The maximum Gasteiger partial charge on any atom is 0.164 e. The molecule has 3 aromatic heterocycles. The van der Waals surface area contributed by atoms with Crippen LogP contribution in [0.2, 0.25) is 0 Å². The summed E-state index contributed by atoms with van der Waals surface area (Å²) in [5.74, 6) is 0.778. The van der Waals surface area contributed by atoms with Crippen molar-refractivity contribution in [2.75, 3.05) is 5.73 Å². The molecule has 17 heavy (non-hydrogen) atoms. The fourth-order valence-corrected chi connectivity index (χ4v) is 2.38. The summed E-state index contributed by atoms with van der Waals surface area (Å²) in [6.07, 6.45) is 3.67. The van der Waals surface area contributed by atoms with E-state index in [-0.39, 0.29) is 0 Å². The zero-order valence-corrected chi connectivity index (χ0v) is 10.4. The lowest BCUT2D eigenvalue weighted by Crippen LogP contribution is -1.94. The first-order valence-electron chi connectivity index (χ1n) is 5.11. The van der Waals surface area contributed by atoms with Gasteiger partial charge in [-0.2, -0.15) is 0 Å². The summed E-state index contributed by atoms with van der Waals surface area (Å²) in [5.41, 5.74) is 8.31. The predicted octanol–water partition coefficient (Wildman–Crippen LogP) is 2.74. The average molecular weight is 289 g/mol. The summed E-state index contributed by atoms with van der Waals surface area (Å²) in [6, 6.07) is 9.48. The van der Waals surface area contributed by atoms with Gasteiger partial charge in [0, 0.05) is 12.4 Å². The maximum atomic E-state index is 5.94. The minimum atomic E-state index is 0.689. The molecule has 0 aromatic carbocycles. The van der Waals surface area contributed by atoms with Crippen LogP contribution in [0.3, 0.4) is 0 Å². The van der Waals surface area contributed by atoms with Crippen LogP contribution in [0.1, 0.15) is 0 Å². The zero-order chi connectivity index (χ0) is 11.8. The third-order valence-corrected chi connectivity index (χ3v) is 3.10. The molecule has 0 aliphatic heterocycles. The van der Waals surface area contributed by atoms with Crippen molar-refractivity contribution in [3.63, 3.8) is 0 Å². The number of nitrogen functional groups attached to an aromatic ring is 1. The summed E-state index contributed by atoms with van der Waals surface area (Å²) < 4.78 is 2.66. The largest absolute Gasteiger partial charge is 0.397 e. The van der Waals surface area contributed by atoms with Crippen LogP contribution in [0.5, 0.6) is 0 Å². The van der Waals surface area contributed by atoms with Crippen molar-refractivity contribution in [3.8, 4) is 11.5 Å². The Balaban J connectivity index is 2.36. The average Bonchev–Trinajstić information content (AvgIpc) is 2.69. The second-order valence-corrected chi connectivity index (χ2v) is 4.37. The lowest BCUT2D eigenvalue weighted by Gasteiger charge is -2.01. The number of halogens is 1. The van der Waals surface area contributed by atoms with E-state index < -0.39 is 0 Å². The van der Waals surface area contributed by atoms with Crippen LogP contribution in [-0.2, 0) is 0 Å². The maximum absolute atomic E-state index is 5.94. The van der Waals surface area contributed by atoms with Gasteiger partial charge in [-0.05, 0) is 40.2 Å². The van der Waals surface area contributed by atoms with Crippen molar-refractivity contribution >= 4 is 27.1 Å². The molecule has 4 nitrogen and oxygen atoms in total. The Labute approximate surface area is 106 Å². The normalized spacial score (nSPS) is 10.9. The van der Waals surface area contributed by atoms with Gasteiger partial charge < -0.3 is 5.73 Å². The van der Waals surface area contributed by atoms with Crippen LogP contribution < -0.4 is 5.73 Å². The van der Waals surface area contributed by atoms with Crippen LogP contribution in [0.25, 0.3) is 17.0 Å². The first-order chi connectivity index (χ1) is 8.27. The van der Waals surface area contributed by atoms with Gasteiger partial charge in [0.2, 0.25) is 0 Å². The molecule has 0 saturated carbocycles. The molecular weight excluding hydrogens is 280 g/mol. The Bertz CT molecular complexity index is 676. The van der Waals surface area contributed by atoms with E-state index in [9.17, 15) is 0 Å². The highest BCUT2D eigenvalue weighted by Gasteiger charge is 2.13. The second-order valence-electron chi connectivity index (χ2n) is 3.62. The van der Waals surface area contributed by atoms with Crippen molar-refractivity contribution in [1.82, 2.24) is 14.4 Å². The summed E-state index contributed by atoms with van der Waals surface area (Å²) >= 11 is 3.43. The lowest BCUT2D eigenvalue weighted by atomic mass is 10.3. The molecule has 0 fully saturated rings. The van der Waals surface area contributed by atoms with Gasteiger partial charge in [-0.1, -0.05) is 6.07 Å². The number of pyridine rings is 2. The van der Waals surface area contributed by atoms with E-state index in [1.807, 2.05) is 40.9 Å². The number of nitrogens with two attached hydrogens (primary N) is 1. The Hall–Kier alpha value is -1.88. The molecule has 3 aromatic rings. The van der Waals surface area contributed by atoms with E-state index >= 15 is 0 Å². The predicted molar refractivity (Wildman–Crippen MR) is 70.5 cm³/mol. The van der Waals surface area contributed by atoms with Crippen molar-refractivity contribution in [2.45, 2.75) is 0 Å². The van der Waals surface area contributed by atoms with Gasteiger partial charge >= 0.3 is 0 Å². The molecule has 5 heteroatoms. The molecule has 0 saturated heterocycles. The summed E-state index contributed by atoms with van der Waals surface area (Å²) in [5, 5.41) is 0. The fourth-order valence-electron chi connectivity index (χ4n) is 1.80. The summed E-state index contributed by atoms with van der Waals surface area (Å²) in [7, 11) is 0. The van der Waals surface area contributed by atoms with Crippen molar-refractivity contribution in [2.24, 2.45) is 0 Å². The van der Waals surface area contributed by atoms with Crippen LogP contribution in [-0.4, -0.2) is 14.4 Å². The standard InChI is InChI=1S/C12H9BrN4/c13-11-10-8(14)4-3-7-17(10)12(16-11)9-5-1-2-6-15-9/h1-7H,14H2. The third-order valence-electron chi connectivity index (χ3n) is 2.55. The second kappa shape index (κ2) is 3.85. The van der Waals surface area contributed by atoms with Crippen LogP contribution >= 0.6 is 15.9 Å². The van der Waals surface area contributed by atoms with Gasteiger partial charge in [-0.25, -0.2) is 4.98 Å². The Morgan fingerprint density at radius 2 is 2.06 bits per heavy atom. The third kappa shape index (κ3) is 1.59. The summed E-state index contributed by atoms with van der Waals surface area (Å²) in [4.78, 5) is 8.76. The number of nitrogens with zero attached hydrogens (tertiary/aromatic N) is 3. The van der Waals surface area contributed by atoms with Gasteiger partial charge in [0.25, 0.3) is 0 Å². The highest BCUT2D eigenvalue weighted by Crippen LogP contribution is 2.28. The van der Waals surface area contributed by atoms with Crippen molar-refractivity contribution < 1.29 is 0 Å². The molecule has 0 spiro atoms. The number of imidazole rings is 1. The van der Waals surface area contributed by atoms with E-state index in [4.69, 9.17) is 5.73 Å². The minimum Gasteiger partial charge on any atom is -0.397 e. The van der Waals surface area contributed by atoms with Gasteiger partial charge in [0.05, 0.1) is 5.69 Å². The molecule has 0 aliphatic carbocycles. The lowest BCUT2D eigenvalue weighted by molar-refractivity contribution is 1.13. The molecule has 3 heterocycles. The molecule has 3 rings (SSSR count). The minimum absolute atomic E-state index is 0.689. The number of hydrogen-bond donors (Lipinski definition) is 1. The molecule has 0 unspecified atom stereocenters. The number of fused-ring (bicyclic) bond motifs is 1. The highest BCUT2D eigenvalue weighted by atomic mass is 79.9. The highest BCUT2D eigenvalue weighted by molar-refractivity contribution is 9.10. The van der Waals surface area contributed by atoms with Gasteiger partial charge in [-0.3, -0.25) is 9.38 Å². The van der Waals surface area contributed by atoms with Crippen LogP contribution in [0.4, 0.5) is 5.69 Å². The van der Waals surface area contributed by atoms with Crippen molar-refractivity contribution in [3.05, 3.63) is 47.3 Å². The van der Waals surface area contributed by atoms with E-state index in [1.165, 1.54) is 0 Å². The van der Waals surface area contributed by atoms with E-state index in [2.05, 4.69) is 25.9 Å². The van der Waals surface area contributed by atoms with E-state index in [0.717, 1.165) is 21.6 Å². The first-order valence-corrected chi connectivity index (χ1v) is 5.90. The Morgan fingerprint density at radius 1 is 1.18 bits per heavy atom. The molecular formula is C12H9BrN4. The number of hydrogen-bond acceptors (Lipinski definition) is 3. The molecule has 2 N–H and O–H groups in total. The molecule has 0 atom stereocenters. The quantitative estimate of drug-likeness (QED) is 0.749. The van der Waals surface area contributed by atoms with Crippen LogP contribution in [0.15, 0.2) is 47.3 Å². The molecule has 0 aliphatic rings. The Morgan fingerprint density at radius 3 is 2.82 bits per heavy atom. The monoisotopic (exact) mass is 288 g/mol. The van der Waals surface area contributed by atoms with E-state index in [0.29, 0.717) is 5.69 Å². The molecule has 0 radical (unpaired) electrons. The van der Waals surface area contributed by atoms with E-state index in [1.54, 1.807) is 6.20 Å². The number of aromatic nitrogens is 3. The summed E-state index contributed by atoms with van der Waals surface area (Å²) in [6.45, 7) is 0. The fraction of sp³-hybridized carbons (Fsp3) is 0. The smallest absolute Gasteiger partial charge is 0.164 e. The van der Waals surface area contributed by atoms with Crippen molar-refractivity contribution in [1.29, 1.82) is 0 Å². The number of rotatable bonds is 1. The Kier molecular flexibility index (Phi) is 2.33. The van der Waals surface area contributed by atoms with Crippen LogP contribution in [0, 0.1) is 0 Å². The first kappa shape index (κ1) is 10.3. The SMILES string of the molecule is Nc1cccn2c(-c3ccccn3)nc(Br)c12. The molecule has 84 valence electrons. The molecule has 0 bridgehead atoms. The van der Waals surface area contributed by atoms with Gasteiger partial charge in [-0.15, -0.1) is 0 Å². The van der Waals surface area contributed by atoms with Gasteiger partial charge in [0.1, 0.15) is 15.8 Å². The zero-order valence-electron chi connectivity index (χ0n) is 8.84. The topological polar surface area (TPSA) is 56.2 Å².